The van der Waals surface area contributed by atoms with Gasteiger partial charge in [-0.1, -0.05) is 45.4 Å². The highest BCUT2D eigenvalue weighted by atomic mass is 15.3. The van der Waals surface area contributed by atoms with Gasteiger partial charge in [-0.25, -0.2) is 0 Å². The van der Waals surface area contributed by atoms with Gasteiger partial charge in [-0.3, -0.25) is 4.68 Å². The molecular weight excluding hydrogens is 222 g/mol. The molecule has 0 saturated carbocycles. The zero-order chi connectivity index (χ0) is 13.2. The molecule has 3 heteroatoms. The maximum absolute atomic E-state index is 5.78. The van der Waals surface area contributed by atoms with Crippen LogP contribution in [0.3, 0.4) is 0 Å². The largest absolute Gasteiger partial charge is 0.328 e. The van der Waals surface area contributed by atoms with Crippen molar-refractivity contribution in [2.24, 2.45) is 5.73 Å². The van der Waals surface area contributed by atoms with Crippen LogP contribution in [-0.4, -0.2) is 15.8 Å². The van der Waals surface area contributed by atoms with Gasteiger partial charge in [0.2, 0.25) is 0 Å². The van der Waals surface area contributed by atoms with Crippen molar-refractivity contribution in [3.05, 3.63) is 18.0 Å². The molecule has 0 aliphatic heterocycles. The lowest BCUT2D eigenvalue weighted by Crippen LogP contribution is -2.17. The molecule has 0 spiro atoms. The predicted molar refractivity (Wildman–Crippen MR) is 77.6 cm³/mol. The van der Waals surface area contributed by atoms with Crippen LogP contribution >= 0.6 is 0 Å². The zero-order valence-electron chi connectivity index (χ0n) is 12.1. The van der Waals surface area contributed by atoms with Crippen molar-refractivity contribution >= 4 is 0 Å². The second-order valence-corrected chi connectivity index (χ2v) is 5.41. The summed E-state index contributed by atoms with van der Waals surface area (Å²) >= 11 is 0. The predicted octanol–water partition coefficient (Wildman–Crippen LogP) is 3.52. The fourth-order valence-corrected chi connectivity index (χ4v) is 2.24. The van der Waals surface area contributed by atoms with Crippen molar-refractivity contribution < 1.29 is 0 Å². The van der Waals surface area contributed by atoms with E-state index in [4.69, 9.17) is 5.73 Å². The third kappa shape index (κ3) is 6.80. The topological polar surface area (TPSA) is 43.8 Å². The highest BCUT2D eigenvalue weighted by Crippen LogP contribution is 2.08. The molecule has 0 bridgehead atoms. The van der Waals surface area contributed by atoms with Gasteiger partial charge >= 0.3 is 0 Å². The monoisotopic (exact) mass is 251 g/mol. The van der Waals surface area contributed by atoms with E-state index in [0.29, 0.717) is 0 Å². The van der Waals surface area contributed by atoms with Crippen molar-refractivity contribution in [3.63, 3.8) is 0 Å². The molecule has 0 radical (unpaired) electrons. The van der Waals surface area contributed by atoms with Crippen LogP contribution in [0.2, 0.25) is 0 Å². The van der Waals surface area contributed by atoms with Crippen LogP contribution in [0.15, 0.2) is 12.4 Å². The first kappa shape index (κ1) is 15.2. The maximum atomic E-state index is 5.78. The Kier molecular flexibility index (Phi) is 7.74. The summed E-state index contributed by atoms with van der Waals surface area (Å²) in [5.74, 6) is 0. The standard InChI is InChI=1S/C15H29N3/c1-3-4-5-6-7-8-9-10-18-13-15(12-17-18)11-14(2)16/h12-14H,3-11,16H2,1-2H3. The van der Waals surface area contributed by atoms with Crippen molar-refractivity contribution in [3.8, 4) is 0 Å². The van der Waals surface area contributed by atoms with Gasteiger partial charge in [0.1, 0.15) is 0 Å². The van der Waals surface area contributed by atoms with E-state index in [1.807, 2.05) is 13.1 Å². The van der Waals surface area contributed by atoms with Gasteiger partial charge in [-0.2, -0.15) is 5.10 Å². The third-order valence-electron chi connectivity index (χ3n) is 3.24. The Labute approximate surface area is 112 Å². The van der Waals surface area contributed by atoms with E-state index in [1.54, 1.807) is 0 Å². The number of hydrogen-bond acceptors (Lipinski definition) is 2. The molecule has 0 fully saturated rings. The second kappa shape index (κ2) is 9.15. The molecule has 0 aromatic carbocycles. The molecule has 1 rings (SSSR count). The number of hydrogen-bond donors (Lipinski definition) is 1. The number of aromatic nitrogens is 2. The van der Waals surface area contributed by atoms with Crippen LogP contribution < -0.4 is 5.73 Å². The van der Waals surface area contributed by atoms with Gasteiger partial charge < -0.3 is 5.73 Å². The molecule has 1 heterocycles. The first-order valence-electron chi connectivity index (χ1n) is 7.49. The lowest BCUT2D eigenvalue weighted by atomic mass is 10.1. The number of aryl methyl sites for hydroxylation is 1. The SMILES string of the molecule is CCCCCCCCCn1cc(CC(C)N)cn1. The molecule has 1 aromatic heterocycles. The average Bonchev–Trinajstić information content (AvgIpc) is 2.75. The lowest BCUT2D eigenvalue weighted by molar-refractivity contribution is 0.523. The Hall–Kier alpha value is -0.830. The highest BCUT2D eigenvalue weighted by Gasteiger charge is 2.01. The second-order valence-electron chi connectivity index (χ2n) is 5.41. The van der Waals surface area contributed by atoms with Crippen molar-refractivity contribution in [1.29, 1.82) is 0 Å². The summed E-state index contributed by atoms with van der Waals surface area (Å²) in [4.78, 5) is 0. The number of unbranched alkanes of at least 4 members (excludes halogenated alkanes) is 6. The van der Waals surface area contributed by atoms with Gasteiger partial charge in [-0.05, 0) is 25.3 Å². The Balaban J connectivity index is 2.06. The van der Waals surface area contributed by atoms with Crippen LogP contribution in [0, 0.1) is 0 Å². The van der Waals surface area contributed by atoms with Gasteiger partial charge in [0.05, 0.1) is 6.20 Å². The summed E-state index contributed by atoms with van der Waals surface area (Å²) in [5, 5.41) is 4.38. The van der Waals surface area contributed by atoms with Crippen molar-refractivity contribution in [2.45, 2.75) is 77.8 Å². The van der Waals surface area contributed by atoms with E-state index in [9.17, 15) is 0 Å². The normalized spacial score (nSPS) is 12.8. The Morgan fingerprint density at radius 3 is 2.50 bits per heavy atom. The molecule has 1 atom stereocenters. The zero-order valence-corrected chi connectivity index (χ0v) is 12.1. The number of nitrogens with zero attached hydrogens (tertiary/aromatic N) is 2. The molecule has 2 N–H and O–H groups in total. The van der Waals surface area contributed by atoms with Gasteiger partial charge in [0.15, 0.2) is 0 Å². The minimum atomic E-state index is 0.223. The fourth-order valence-electron chi connectivity index (χ4n) is 2.24. The summed E-state index contributed by atoms with van der Waals surface area (Å²) in [6.45, 7) is 5.35. The molecule has 0 aliphatic rings. The number of rotatable bonds is 10. The molecule has 0 amide bonds. The van der Waals surface area contributed by atoms with Gasteiger partial charge in [-0.15, -0.1) is 0 Å². The first-order chi connectivity index (χ1) is 8.72. The summed E-state index contributed by atoms with van der Waals surface area (Å²) in [5.41, 5.74) is 7.03. The van der Waals surface area contributed by atoms with Crippen LogP contribution in [0.25, 0.3) is 0 Å². The van der Waals surface area contributed by atoms with E-state index in [-0.39, 0.29) is 6.04 Å². The molecule has 104 valence electrons. The van der Waals surface area contributed by atoms with Crippen LogP contribution in [-0.2, 0) is 13.0 Å². The van der Waals surface area contributed by atoms with Crippen LogP contribution in [0.4, 0.5) is 0 Å². The Bertz CT molecular complexity index is 304. The minimum absolute atomic E-state index is 0.223. The molecule has 18 heavy (non-hydrogen) atoms. The first-order valence-corrected chi connectivity index (χ1v) is 7.49. The van der Waals surface area contributed by atoms with Crippen molar-refractivity contribution in [2.75, 3.05) is 0 Å². The smallest absolute Gasteiger partial charge is 0.0522 e. The van der Waals surface area contributed by atoms with Crippen LogP contribution in [0.1, 0.15) is 64.4 Å². The average molecular weight is 251 g/mol. The van der Waals surface area contributed by atoms with E-state index in [0.717, 1.165) is 13.0 Å². The summed E-state index contributed by atoms with van der Waals surface area (Å²) in [7, 11) is 0. The molecule has 3 nitrogen and oxygen atoms in total. The van der Waals surface area contributed by atoms with E-state index in [1.165, 1.54) is 50.5 Å². The maximum Gasteiger partial charge on any atom is 0.0522 e. The summed E-state index contributed by atoms with van der Waals surface area (Å²) < 4.78 is 2.06. The minimum Gasteiger partial charge on any atom is -0.328 e. The quantitative estimate of drug-likeness (QED) is 0.647. The van der Waals surface area contributed by atoms with Gasteiger partial charge in [0.25, 0.3) is 0 Å². The summed E-state index contributed by atoms with van der Waals surface area (Å²) in [6.07, 6.45) is 14.5. The lowest BCUT2D eigenvalue weighted by Gasteiger charge is -2.02. The third-order valence-corrected chi connectivity index (χ3v) is 3.24. The van der Waals surface area contributed by atoms with E-state index >= 15 is 0 Å². The molecular formula is C15H29N3. The molecule has 1 aromatic rings. The Morgan fingerprint density at radius 1 is 1.17 bits per heavy atom. The van der Waals surface area contributed by atoms with E-state index in [2.05, 4.69) is 22.9 Å². The molecule has 1 unspecified atom stereocenters. The Morgan fingerprint density at radius 2 is 1.83 bits per heavy atom. The van der Waals surface area contributed by atoms with Gasteiger partial charge in [0, 0.05) is 18.8 Å². The molecule has 0 aliphatic carbocycles. The molecule has 0 saturated heterocycles. The summed E-state index contributed by atoms with van der Waals surface area (Å²) in [6, 6.07) is 0.223. The van der Waals surface area contributed by atoms with Crippen LogP contribution in [0.5, 0.6) is 0 Å². The van der Waals surface area contributed by atoms with Crippen molar-refractivity contribution in [1.82, 2.24) is 9.78 Å². The van der Waals surface area contributed by atoms with E-state index < -0.39 is 0 Å². The highest BCUT2D eigenvalue weighted by molar-refractivity contribution is 5.05. The fraction of sp³-hybridized carbons (Fsp3) is 0.800. The number of nitrogens with two attached hydrogens (primary N) is 1.